The highest BCUT2D eigenvalue weighted by atomic mass is 32.2. The summed E-state index contributed by atoms with van der Waals surface area (Å²) in [4.78, 5) is 0.336. The molecule has 0 aliphatic heterocycles. The van der Waals surface area contributed by atoms with E-state index in [9.17, 15) is 8.42 Å². The molecule has 7 heteroatoms. The highest BCUT2D eigenvalue weighted by Gasteiger charge is 2.24. The molecule has 0 heterocycles. The van der Waals surface area contributed by atoms with Crippen LogP contribution in [0, 0.1) is 5.92 Å². The molecule has 0 spiro atoms. The smallest absolute Gasteiger partial charge is 0.281 e. The number of nitrogens with zero attached hydrogens (tertiary/aromatic N) is 2. The van der Waals surface area contributed by atoms with Gasteiger partial charge in [-0.15, -0.1) is 0 Å². The molecular formula is C9H21N3O2S2. The Balaban J connectivity index is 4.73. The van der Waals surface area contributed by atoms with Crippen LogP contribution in [0.25, 0.3) is 0 Å². The number of rotatable bonds is 7. The summed E-state index contributed by atoms with van der Waals surface area (Å²) >= 11 is 4.76. The summed E-state index contributed by atoms with van der Waals surface area (Å²) in [5.74, 6) is 0.265. The number of nitrogens with two attached hydrogens (primary N) is 1. The topological polar surface area (TPSA) is 66.6 Å². The quantitative estimate of drug-likeness (QED) is 0.679. The van der Waals surface area contributed by atoms with E-state index >= 15 is 0 Å². The molecule has 0 aromatic rings. The molecule has 0 rings (SSSR count). The lowest BCUT2D eigenvalue weighted by Gasteiger charge is -2.26. The normalized spacial score (nSPS) is 12.7. The molecule has 0 atom stereocenters. The first kappa shape index (κ1) is 15.8. The van der Waals surface area contributed by atoms with Gasteiger partial charge >= 0.3 is 0 Å². The number of thiocarbonyl (C=S) groups is 1. The van der Waals surface area contributed by atoms with E-state index < -0.39 is 10.2 Å². The molecule has 5 nitrogen and oxygen atoms in total. The number of hydrogen-bond donors (Lipinski definition) is 1. The molecule has 0 aliphatic carbocycles. The van der Waals surface area contributed by atoms with Gasteiger partial charge in [0.15, 0.2) is 0 Å². The van der Waals surface area contributed by atoms with Gasteiger partial charge in [-0.3, -0.25) is 0 Å². The fourth-order valence-corrected chi connectivity index (χ4v) is 2.54. The second-order valence-electron chi connectivity index (χ2n) is 4.26. The highest BCUT2D eigenvalue weighted by molar-refractivity contribution is 7.86. The maximum Gasteiger partial charge on any atom is 0.281 e. The Kier molecular flexibility index (Phi) is 6.39. The molecule has 0 unspecified atom stereocenters. The maximum absolute atomic E-state index is 11.9. The van der Waals surface area contributed by atoms with E-state index in [0.29, 0.717) is 24.5 Å². The van der Waals surface area contributed by atoms with Crippen LogP contribution < -0.4 is 5.73 Å². The molecule has 0 saturated carbocycles. The third-order valence-electron chi connectivity index (χ3n) is 1.96. The van der Waals surface area contributed by atoms with E-state index in [1.165, 1.54) is 22.7 Å². The molecule has 0 amide bonds. The van der Waals surface area contributed by atoms with Crippen LogP contribution in [-0.2, 0) is 10.2 Å². The zero-order valence-electron chi connectivity index (χ0n) is 10.3. The van der Waals surface area contributed by atoms with Crippen LogP contribution in [0.15, 0.2) is 0 Å². The van der Waals surface area contributed by atoms with Crippen molar-refractivity contribution in [3.63, 3.8) is 0 Å². The molecule has 0 bridgehead atoms. The predicted octanol–water partition coefficient (Wildman–Crippen LogP) is 0.427. The van der Waals surface area contributed by atoms with Crippen molar-refractivity contribution in [1.29, 1.82) is 0 Å². The van der Waals surface area contributed by atoms with Crippen molar-refractivity contribution in [2.75, 3.05) is 27.2 Å². The van der Waals surface area contributed by atoms with E-state index in [4.69, 9.17) is 18.0 Å². The first-order chi connectivity index (χ1) is 7.17. The summed E-state index contributed by atoms with van der Waals surface area (Å²) in [5, 5.41) is 0. The Bertz CT molecular complexity index is 326. The summed E-state index contributed by atoms with van der Waals surface area (Å²) in [6.07, 6.45) is 0.412. The second kappa shape index (κ2) is 6.48. The molecule has 96 valence electrons. The van der Waals surface area contributed by atoms with Crippen molar-refractivity contribution in [1.82, 2.24) is 8.61 Å². The molecule has 0 fully saturated rings. The minimum Gasteiger partial charge on any atom is -0.393 e. The largest absolute Gasteiger partial charge is 0.393 e. The molecular weight excluding hydrogens is 246 g/mol. The van der Waals surface area contributed by atoms with Crippen molar-refractivity contribution >= 4 is 27.4 Å². The first-order valence-corrected chi connectivity index (χ1v) is 6.94. The Hall–Kier alpha value is -0.240. The van der Waals surface area contributed by atoms with Crippen molar-refractivity contribution in [2.24, 2.45) is 11.7 Å². The Morgan fingerprint density at radius 1 is 1.38 bits per heavy atom. The third kappa shape index (κ3) is 5.20. The fourth-order valence-electron chi connectivity index (χ4n) is 1.17. The van der Waals surface area contributed by atoms with E-state index in [-0.39, 0.29) is 5.92 Å². The van der Waals surface area contributed by atoms with Crippen molar-refractivity contribution in [3.05, 3.63) is 0 Å². The zero-order chi connectivity index (χ0) is 12.9. The maximum atomic E-state index is 11.9. The van der Waals surface area contributed by atoms with Gasteiger partial charge in [-0.2, -0.15) is 17.0 Å². The molecule has 0 radical (unpaired) electrons. The van der Waals surface area contributed by atoms with Crippen LogP contribution in [0.1, 0.15) is 20.3 Å². The standard InChI is InChI=1S/C9H21N3O2S2/c1-8(2)7-12(6-5-9(10)15)16(13,14)11(3)4/h8H,5-7H2,1-4H3,(H2,10,15). The Labute approximate surface area is 104 Å². The van der Waals surface area contributed by atoms with Gasteiger partial charge in [0.2, 0.25) is 0 Å². The fraction of sp³-hybridized carbons (Fsp3) is 0.889. The molecule has 0 aromatic carbocycles. The van der Waals surface area contributed by atoms with Crippen LogP contribution in [-0.4, -0.2) is 49.2 Å². The third-order valence-corrected chi connectivity index (χ3v) is 4.08. The van der Waals surface area contributed by atoms with Crippen LogP contribution in [0.5, 0.6) is 0 Å². The Morgan fingerprint density at radius 3 is 2.19 bits per heavy atom. The summed E-state index contributed by atoms with van der Waals surface area (Å²) in [6, 6.07) is 0. The van der Waals surface area contributed by atoms with Gasteiger partial charge in [-0.05, 0) is 5.92 Å². The second-order valence-corrected chi connectivity index (χ2v) is 6.93. The minimum atomic E-state index is -3.38. The molecule has 0 aromatic heterocycles. The average molecular weight is 267 g/mol. The van der Waals surface area contributed by atoms with Gasteiger partial charge in [0, 0.05) is 33.6 Å². The van der Waals surface area contributed by atoms with Gasteiger partial charge in [-0.25, -0.2) is 0 Å². The van der Waals surface area contributed by atoms with Gasteiger partial charge in [-0.1, -0.05) is 26.1 Å². The Morgan fingerprint density at radius 2 is 1.88 bits per heavy atom. The van der Waals surface area contributed by atoms with E-state index in [2.05, 4.69) is 0 Å². The predicted molar refractivity (Wildman–Crippen MR) is 70.4 cm³/mol. The lowest BCUT2D eigenvalue weighted by Crippen LogP contribution is -2.43. The van der Waals surface area contributed by atoms with E-state index in [1.54, 1.807) is 0 Å². The molecule has 0 saturated heterocycles. The summed E-state index contributed by atoms with van der Waals surface area (Å²) in [7, 11) is -0.344. The van der Waals surface area contributed by atoms with Crippen LogP contribution in [0.2, 0.25) is 0 Å². The molecule has 16 heavy (non-hydrogen) atoms. The lowest BCUT2D eigenvalue weighted by molar-refractivity contribution is 0.348. The van der Waals surface area contributed by atoms with Crippen LogP contribution >= 0.6 is 12.2 Å². The SMILES string of the molecule is CC(C)CN(CCC(N)=S)S(=O)(=O)N(C)C. The van der Waals surface area contributed by atoms with E-state index in [1.807, 2.05) is 13.8 Å². The van der Waals surface area contributed by atoms with Gasteiger partial charge in [0.05, 0.1) is 4.99 Å². The monoisotopic (exact) mass is 267 g/mol. The van der Waals surface area contributed by atoms with Gasteiger partial charge in [0.1, 0.15) is 0 Å². The van der Waals surface area contributed by atoms with Gasteiger partial charge in [0.25, 0.3) is 10.2 Å². The average Bonchev–Trinajstić information content (AvgIpc) is 2.10. The van der Waals surface area contributed by atoms with Crippen LogP contribution in [0.4, 0.5) is 0 Å². The zero-order valence-corrected chi connectivity index (χ0v) is 11.9. The summed E-state index contributed by atoms with van der Waals surface area (Å²) in [5.41, 5.74) is 5.39. The molecule has 2 N–H and O–H groups in total. The number of hydrogen-bond acceptors (Lipinski definition) is 3. The van der Waals surface area contributed by atoms with Crippen molar-refractivity contribution < 1.29 is 8.42 Å². The first-order valence-electron chi connectivity index (χ1n) is 5.13. The van der Waals surface area contributed by atoms with E-state index in [0.717, 1.165) is 0 Å². The highest BCUT2D eigenvalue weighted by Crippen LogP contribution is 2.09. The minimum absolute atomic E-state index is 0.265. The van der Waals surface area contributed by atoms with Gasteiger partial charge < -0.3 is 5.73 Å². The summed E-state index contributed by atoms with van der Waals surface area (Å²) < 4.78 is 26.5. The summed E-state index contributed by atoms with van der Waals surface area (Å²) in [6.45, 7) is 4.76. The lowest BCUT2D eigenvalue weighted by atomic mass is 10.2. The molecule has 0 aliphatic rings. The van der Waals surface area contributed by atoms with Crippen LogP contribution in [0.3, 0.4) is 0 Å². The van der Waals surface area contributed by atoms with Crippen molar-refractivity contribution in [3.8, 4) is 0 Å². The van der Waals surface area contributed by atoms with Crippen molar-refractivity contribution in [2.45, 2.75) is 20.3 Å².